The average molecular weight is 338 g/mol. The number of aromatic nitrogens is 2. The summed E-state index contributed by atoms with van der Waals surface area (Å²) in [6.07, 6.45) is 5.49. The topological polar surface area (TPSA) is 46.2 Å². The van der Waals surface area contributed by atoms with Gasteiger partial charge < -0.3 is 9.73 Å². The maximum atomic E-state index is 5.65. The van der Waals surface area contributed by atoms with Crippen LogP contribution in [0.15, 0.2) is 65.5 Å². The van der Waals surface area contributed by atoms with Crippen LogP contribution in [0, 0.1) is 0 Å². The van der Waals surface area contributed by atoms with Crippen LogP contribution in [-0.4, -0.2) is 34.3 Å². The standard InChI is InChI=1S/C20H26N4O/c1-3-23(4-2)19(20-7-5-14-25-20)16-21-15-17-8-10-18(11-9-17)24-13-6-12-22-24/h5-14,19,21H,3-4,15-16H2,1-2H3. The summed E-state index contributed by atoms with van der Waals surface area (Å²) in [6.45, 7) is 8.07. The normalized spacial score (nSPS) is 12.6. The average Bonchev–Trinajstić information content (AvgIpc) is 3.36. The molecule has 0 saturated heterocycles. The number of rotatable bonds is 9. The van der Waals surface area contributed by atoms with Crippen LogP contribution in [0.3, 0.4) is 0 Å². The Balaban J connectivity index is 1.58. The van der Waals surface area contributed by atoms with Gasteiger partial charge in [0.25, 0.3) is 0 Å². The molecule has 25 heavy (non-hydrogen) atoms. The highest BCUT2D eigenvalue weighted by atomic mass is 16.3. The highest BCUT2D eigenvalue weighted by Gasteiger charge is 2.19. The second-order valence-corrected chi connectivity index (χ2v) is 6.00. The maximum Gasteiger partial charge on any atom is 0.122 e. The Morgan fingerprint density at radius 1 is 1.12 bits per heavy atom. The Morgan fingerprint density at radius 2 is 1.92 bits per heavy atom. The SMILES string of the molecule is CCN(CC)C(CNCc1ccc(-n2cccn2)cc1)c1ccco1. The van der Waals surface area contributed by atoms with E-state index in [9.17, 15) is 0 Å². The van der Waals surface area contributed by atoms with Crippen molar-refractivity contribution in [2.75, 3.05) is 19.6 Å². The van der Waals surface area contributed by atoms with E-state index in [0.29, 0.717) is 0 Å². The van der Waals surface area contributed by atoms with E-state index in [1.165, 1.54) is 5.56 Å². The van der Waals surface area contributed by atoms with E-state index in [1.54, 1.807) is 12.5 Å². The van der Waals surface area contributed by atoms with Gasteiger partial charge in [0, 0.05) is 25.5 Å². The van der Waals surface area contributed by atoms with E-state index in [2.05, 4.69) is 59.5 Å². The van der Waals surface area contributed by atoms with Crippen molar-refractivity contribution in [1.29, 1.82) is 0 Å². The molecule has 2 aromatic heterocycles. The molecule has 1 atom stereocenters. The highest BCUT2D eigenvalue weighted by molar-refractivity contribution is 5.33. The first kappa shape index (κ1) is 17.5. The summed E-state index contributed by atoms with van der Waals surface area (Å²) >= 11 is 0. The number of nitrogens with zero attached hydrogens (tertiary/aromatic N) is 3. The predicted molar refractivity (Wildman–Crippen MR) is 99.6 cm³/mol. The van der Waals surface area contributed by atoms with Crippen LogP contribution in [0.1, 0.15) is 31.2 Å². The zero-order valence-electron chi connectivity index (χ0n) is 14.9. The summed E-state index contributed by atoms with van der Waals surface area (Å²) in [5, 5.41) is 7.82. The number of furan rings is 1. The summed E-state index contributed by atoms with van der Waals surface area (Å²) in [7, 11) is 0. The van der Waals surface area contributed by atoms with Crippen molar-refractivity contribution in [3.8, 4) is 5.69 Å². The molecular formula is C20H26N4O. The maximum absolute atomic E-state index is 5.65. The molecule has 132 valence electrons. The van der Waals surface area contributed by atoms with E-state index in [4.69, 9.17) is 4.42 Å². The van der Waals surface area contributed by atoms with Gasteiger partial charge in [-0.15, -0.1) is 0 Å². The van der Waals surface area contributed by atoms with E-state index in [-0.39, 0.29) is 6.04 Å². The van der Waals surface area contributed by atoms with Crippen LogP contribution in [-0.2, 0) is 6.54 Å². The van der Waals surface area contributed by atoms with Crippen molar-refractivity contribution < 1.29 is 4.42 Å². The fraction of sp³-hybridized carbons (Fsp3) is 0.350. The van der Waals surface area contributed by atoms with Crippen molar-refractivity contribution in [1.82, 2.24) is 20.0 Å². The van der Waals surface area contributed by atoms with Crippen molar-refractivity contribution in [3.05, 3.63) is 72.4 Å². The Labute approximate surface area is 149 Å². The molecule has 0 bridgehead atoms. The number of hydrogen-bond acceptors (Lipinski definition) is 4. The second-order valence-electron chi connectivity index (χ2n) is 6.00. The molecule has 1 N–H and O–H groups in total. The summed E-state index contributed by atoms with van der Waals surface area (Å²) in [4.78, 5) is 2.41. The zero-order chi connectivity index (χ0) is 17.5. The predicted octanol–water partition coefficient (Wildman–Crippen LogP) is 3.64. The molecule has 0 saturated carbocycles. The largest absolute Gasteiger partial charge is 0.468 e. The second kappa shape index (κ2) is 8.65. The van der Waals surface area contributed by atoms with Gasteiger partial charge in [0.05, 0.1) is 18.0 Å². The molecule has 3 rings (SSSR count). The number of hydrogen-bond donors (Lipinski definition) is 1. The van der Waals surface area contributed by atoms with Gasteiger partial charge in [0.1, 0.15) is 5.76 Å². The van der Waals surface area contributed by atoms with Crippen LogP contribution in [0.2, 0.25) is 0 Å². The molecule has 0 fully saturated rings. The number of benzene rings is 1. The van der Waals surface area contributed by atoms with Gasteiger partial charge in [-0.2, -0.15) is 5.10 Å². The smallest absolute Gasteiger partial charge is 0.122 e. The molecule has 0 aliphatic heterocycles. The Hall–Kier alpha value is -2.37. The lowest BCUT2D eigenvalue weighted by atomic mass is 10.1. The molecule has 0 amide bonds. The van der Waals surface area contributed by atoms with Gasteiger partial charge in [0.15, 0.2) is 0 Å². The van der Waals surface area contributed by atoms with Crippen molar-refractivity contribution in [2.24, 2.45) is 0 Å². The molecule has 1 aromatic carbocycles. The summed E-state index contributed by atoms with van der Waals surface area (Å²) < 4.78 is 7.51. The number of nitrogens with one attached hydrogen (secondary N) is 1. The Morgan fingerprint density at radius 3 is 2.52 bits per heavy atom. The first-order valence-corrected chi connectivity index (χ1v) is 8.89. The molecule has 1 unspecified atom stereocenters. The van der Waals surface area contributed by atoms with Crippen LogP contribution in [0.5, 0.6) is 0 Å². The third kappa shape index (κ3) is 4.38. The number of likely N-dealkylation sites (N-methyl/N-ethyl adjacent to an activating group) is 1. The van der Waals surface area contributed by atoms with Crippen LogP contribution < -0.4 is 5.32 Å². The minimum atomic E-state index is 0.258. The van der Waals surface area contributed by atoms with Gasteiger partial charge in [0.2, 0.25) is 0 Å². The molecule has 0 spiro atoms. The third-order valence-electron chi connectivity index (χ3n) is 4.50. The first-order chi connectivity index (χ1) is 12.3. The van der Waals surface area contributed by atoms with Gasteiger partial charge in [-0.1, -0.05) is 26.0 Å². The fourth-order valence-corrected chi connectivity index (χ4v) is 3.10. The van der Waals surface area contributed by atoms with Crippen LogP contribution in [0.25, 0.3) is 5.69 Å². The van der Waals surface area contributed by atoms with Crippen molar-refractivity contribution in [2.45, 2.75) is 26.4 Å². The molecule has 5 nitrogen and oxygen atoms in total. The summed E-state index contributed by atoms with van der Waals surface area (Å²) in [6, 6.07) is 14.7. The molecular weight excluding hydrogens is 312 g/mol. The Kier molecular flexibility index (Phi) is 6.04. The van der Waals surface area contributed by atoms with Crippen molar-refractivity contribution >= 4 is 0 Å². The van der Waals surface area contributed by atoms with Gasteiger partial charge in [-0.3, -0.25) is 4.90 Å². The van der Waals surface area contributed by atoms with Gasteiger partial charge in [-0.05, 0) is 49.0 Å². The van der Waals surface area contributed by atoms with Crippen LogP contribution in [0.4, 0.5) is 0 Å². The summed E-state index contributed by atoms with van der Waals surface area (Å²) in [5.41, 5.74) is 2.33. The Bertz CT molecular complexity index is 716. The minimum Gasteiger partial charge on any atom is -0.468 e. The fourth-order valence-electron chi connectivity index (χ4n) is 3.10. The van der Waals surface area contributed by atoms with Gasteiger partial charge >= 0.3 is 0 Å². The van der Waals surface area contributed by atoms with E-state index < -0.39 is 0 Å². The molecule has 3 aromatic rings. The summed E-state index contributed by atoms with van der Waals surface area (Å²) in [5.74, 6) is 1.02. The lowest BCUT2D eigenvalue weighted by Crippen LogP contribution is -2.35. The molecule has 2 heterocycles. The molecule has 0 aliphatic carbocycles. The molecule has 0 aliphatic rings. The monoisotopic (exact) mass is 338 g/mol. The van der Waals surface area contributed by atoms with E-state index in [0.717, 1.165) is 37.6 Å². The van der Waals surface area contributed by atoms with Crippen molar-refractivity contribution in [3.63, 3.8) is 0 Å². The quantitative estimate of drug-likeness (QED) is 0.647. The minimum absolute atomic E-state index is 0.258. The highest BCUT2D eigenvalue weighted by Crippen LogP contribution is 2.20. The lowest BCUT2D eigenvalue weighted by Gasteiger charge is -2.28. The van der Waals surface area contributed by atoms with E-state index >= 15 is 0 Å². The van der Waals surface area contributed by atoms with Crippen LogP contribution >= 0.6 is 0 Å². The molecule has 5 heteroatoms. The van der Waals surface area contributed by atoms with Gasteiger partial charge in [-0.25, -0.2) is 4.68 Å². The lowest BCUT2D eigenvalue weighted by molar-refractivity contribution is 0.188. The third-order valence-corrected chi connectivity index (χ3v) is 4.50. The molecule has 0 radical (unpaired) electrons. The first-order valence-electron chi connectivity index (χ1n) is 8.89. The zero-order valence-corrected chi connectivity index (χ0v) is 14.9. The van der Waals surface area contributed by atoms with E-state index in [1.807, 2.05) is 23.0 Å².